The number of aliphatic hydroxyl groups is 1. The molecule has 10 heteroatoms. The molecule has 2 aromatic rings. The highest BCUT2D eigenvalue weighted by Crippen LogP contribution is 2.36. The summed E-state index contributed by atoms with van der Waals surface area (Å²) in [6.07, 6.45) is 10.0. The van der Waals surface area contributed by atoms with Gasteiger partial charge in [0.05, 0.1) is 6.10 Å². The van der Waals surface area contributed by atoms with E-state index >= 15 is 0 Å². The summed E-state index contributed by atoms with van der Waals surface area (Å²) in [5, 5.41) is 25.6. The molecule has 2 N–H and O–H groups in total. The van der Waals surface area contributed by atoms with Crippen LogP contribution in [0.2, 0.25) is 0 Å². The van der Waals surface area contributed by atoms with Gasteiger partial charge in [-0.15, -0.1) is 12.4 Å². The van der Waals surface area contributed by atoms with Crippen molar-refractivity contribution in [1.29, 1.82) is 0 Å². The fourth-order valence-corrected chi connectivity index (χ4v) is 6.59. The number of aliphatic hydroxyl groups excluding tert-OH is 1. The molecular weight excluding hydrogens is 544 g/mol. The first-order valence-corrected chi connectivity index (χ1v) is 14.9. The standard InChI is InChI=1S/C31H42N4O5.ClH/c1-2-3-18-35-29(37)27(28(36)24-8-5-4-6-9-24)32-30(38)31(35)15-19-33(20-16-31)21-23-11-13-25(14-12-23)40-26-10-7-17-34(39)22-26;/h7,10-14,17,22,24,27-28,36H,2-6,8-9,15-16,18-21H2,1H3,(H,32,38);1H/t27-,28-;/m1./s1. The molecule has 2 aliphatic heterocycles. The largest absolute Gasteiger partial charge is 0.619 e. The van der Waals surface area contributed by atoms with Crippen LogP contribution in [0, 0.1) is 11.1 Å². The van der Waals surface area contributed by atoms with E-state index in [9.17, 15) is 19.9 Å². The summed E-state index contributed by atoms with van der Waals surface area (Å²) in [6.45, 7) is 4.77. The van der Waals surface area contributed by atoms with Gasteiger partial charge in [0.1, 0.15) is 17.3 Å². The van der Waals surface area contributed by atoms with Gasteiger partial charge in [0, 0.05) is 32.2 Å². The Hall–Kier alpha value is -2.88. The van der Waals surface area contributed by atoms with Crippen molar-refractivity contribution in [2.75, 3.05) is 19.6 Å². The smallest absolute Gasteiger partial charge is 0.248 e. The van der Waals surface area contributed by atoms with Crippen LogP contribution in [0.25, 0.3) is 0 Å². The molecule has 2 atom stereocenters. The zero-order chi connectivity index (χ0) is 28.1. The second-order valence-electron chi connectivity index (χ2n) is 11.6. The Labute approximate surface area is 248 Å². The van der Waals surface area contributed by atoms with Gasteiger partial charge in [0.15, 0.2) is 11.9 Å². The molecule has 1 aliphatic carbocycles. The zero-order valence-corrected chi connectivity index (χ0v) is 24.7. The van der Waals surface area contributed by atoms with E-state index in [4.69, 9.17) is 4.74 Å². The first-order valence-electron chi connectivity index (χ1n) is 14.9. The molecule has 1 saturated carbocycles. The number of piperazine rings is 1. The number of amides is 2. The molecule has 2 amide bonds. The summed E-state index contributed by atoms with van der Waals surface area (Å²) in [4.78, 5) is 31.6. The fourth-order valence-electron chi connectivity index (χ4n) is 6.59. The molecule has 3 heterocycles. The summed E-state index contributed by atoms with van der Waals surface area (Å²) < 4.78 is 6.48. The van der Waals surface area contributed by atoms with Gasteiger partial charge < -0.3 is 25.3 Å². The van der Waals surface area contributed by atoms with Crippen LogP contribution in [0.3, 0.4) is 0 Å². The van der Waals surface area contributed by atoms with Crippen molar-refractivity contribution in [3.8, 4) is 11.5 Å². The monoisotopic (exact) mass is 586 g/mol. The number of pyridine rings is 1. The predicted molar refractivity (Wildman–Crippen MR) is 158 cm³/mol. The lowest BCUT2D eigenvalue weighted by Crippen LogP contribution is -2.75. The van der Waals surface area contributed by atoms with Gasteiger partial charge >= 0.3 is 0 Å². The maximum Gasteiger partial charge on any atom is 0.248 e. The molecule has 0 unspecified atom stereocenters. The minimum absolute atomic E-state index is 0. The average molecular weight is 587 g/mol. The molecule has 1 spiro atoms. The Kier molecular flexibility index (Phi) is 10.5. The van der Waals surface area contributed by atoms with Crippen LogP contribution < -0.4 is 14.8 Å². The first-order chi connectivity index (χ1) is 19.4. The number of nitrogens with zero attached hydrogens (tertiary/aromatic N) is 3. The van der Waals surface area contributed by atoms with Gasteiger partial charge in [0.25, 0.3) is 0 Å². The molecule has 5 rings (SSSR count). The lowest BCUT2D eigenvalue weighted by Gasteiger charge is -2.52. The Morgan fingerprint density at radius 2 is 1.80 bits per heavy atom. The normalized spacial score (nSPS) is 22.2. The van der Waals surface area contributed by atoms with E-state index in [1.54, 1.807) is 12.1 Å². The molecule has 3 aliphatic rings. The number of piperidine rings is 1. The zero-order valence-electron chi connectivity index (χ0n) is 23.9. The minimum atomic E-state index is -0.850. The van der Waals surface area contributed by atoms with Crippen LogP contribution in [0.5, 0.6) is 11.5 Å². The number of nitrogens with one attached hydrogen (secondary N) is 1. The Bertz CT molecular complexity index is 1170. The van der Waals surface area contributed by atoms with Gasteiger partial charge in [-0.1, -0.05) is 44.7 Å². The number of likely N-dealkylation sites (tertiary alicyclic amines) is 1. The number of unbranched alkanes of at least 4 members (excludes halogenated alkanes) is 1. The first kappa shape index (κ1) is 31.1. The SMILES string of the molecule is CCCCN1C(=O)[C@@H]([C@H](O)C2CCCCC2)NC(=O)C12CCN(Cc1ccc(Oc3ccc[n+]([O-])c3)cc1)CC2.Cl. The molecule has 224 valence electrons. The summed E-state index contributed by atoms with van der Waals surface area (Å²) in [7, 11) is 0. The molecule has 3 fully saturated rings. The number of hydrogen-bond acceptors (Lipinski definition) is 6. The Balaban J connectivity index is 0.00000387. The number of benzene rings is 1. The van der Waals surface area contributed by atoms with Gasteiger partial charge in [-0.25, -0.2) is 0 Å². The second kappa shape index (κ2) is 13.9. The third-order valence-corrected chi connectivity index (χ3v) is 8.96. The highest BCUT2D eigenvalue weighted by Gasteiger charge is 2.55. The lowest BCUT2D eigenvalue weighted by atomic mass is 9.78. The molecule has 41 heavy (non-hydrogen) atoms. The highest BCUT2D eigenvalue weighted by molar-refractivity contribution is 6.00. The average Bonchev–Trinajstić information content (AvgIpc) is 2.97. The molecule has 1 aromatic heterocycles. The number of halogens is 1. The van der Waals surface area contributed by atoms with E-state index in [2.05, 4.69) is 17.1 Å². The maximum absolute atomic E-state index is 13.8. The van der Waals surface area contributed by atoms with E-state index in [-0.39, 0.29) is 30.1 Å². The number of ether oxygens (including phenoxy) is 1. The van der Waals surface area contributed by atoms with E-state index in [0.717, 1.165) is 50.6 Å². The number of carbonyl (C=O) groups excluding carboxylic acids is 2. The number of carbonyl (C=O) groups is 2. The van der Waals surface area contributed by atoms with Crippen molar-refractivity contribution >= 4 is 24.2 Å². The van der Waals surface area contributed by atoms with Crippen molar-refractivity contribution < 1.29 is 24.2 Å². The van der Waals surface area contributed by atoms with Gasteiger partial charge in [-0.3, -0.25) is 14.5 Å². The minimum Gasteiger partial charge on any atom is -0.619 e. The van der Waals surface area contributed by atoms with Crippen molar-refractivity contribution in [1.82, 2.24) is 15.1 Å². The second-order valence-corrected chi connectivity index (χ2v) is 11.6. The van der Waals surface area contributed by atoms with Gasteiger partial charge in [-0.05, 0) is 61.8 Å². The van der Waals surface area contributed by atoms with E-state index in [1.807, 2.05) is 29.2 Å². The van der Waals surface area contributed by atoms with Crippen LogP contribution in [-0.4, -0.2) is 64.0 Å². The summed E-state index contributed by atoms with van der Waals surface area (Å²) >= 11 is 0. The molecule has 9 nitrogen and oxygen atoms in total. The summed E-state index contributed by atoms with van der Waals surface area (Å²) in [5.41, 5.74) is 0.273. The summed E-state index contributed by atoms with van der Waals surface area (Å²) in [6, 6.07) is 10.3. The van der Waals surface area contributed by atoms with Crippen molar-refractivity contribution in [3.63, 3.8) is 0 Å². The molecule has 1 aromatic carbocycles. The van der Waals surface area contributed by atoms with Crippen molar-refractivity contribution in [3.05, 3.63) is 59.6 Å². The lowest BCUT2D eigenvalue weighted by molar-refractivity contribution is -0.605. The van der Waals surface area contributed by atoms with E-state index < -0.39 is 17.7 Å². The molecule has 2 saturated heterocycles. The Morgan fingerprint density at radius 3 is 2.46 bits per heavy atom. The molecule has 0 radical (unpaired) electrons. The van der Waals surface area contributed by atoms with E-state index in [0.29, 0.717) is 48.7 Å². The number of hydrogen-bond donors (Lipinski definition) is 2. The van der Waals surface area contributed by atoms with Crippen molar-refractivity contribution in [2.24, 2.45) is 5.92 Å². The predicted octanol–water partition coefficient (Wildman–Crippen LogP) is 3.94. The third-order valence-electron chi connectivity index (χ3n) is 8.96. The van der Waals surface area contributed by atoms with Crippen LogP contribution in [0.15, 0.2) is 48.8 Å². The quantitative estimate of drug-likeness (QED) is 0.340. The van der Waals surface area contributed by atoms with Crippen LogP contribution in [0.4, 0.5) is 0 Å². The van der Waals surface area contributed by atoms with Crippen LogP contribution in [0.1, 0.15) is 70.3 Å². The van der Waals surface area contributed by atoms with E-state index in [1.165, 1.54) is 18.8 Å². The van der Waals surface area contributed by atoms with Crippen LogP contribution in [-0.2, 0) is 16.1 Å². The maximum atomic E-state index is 13.8. The number of aromatic nitrogens is 1. The summed E-state index contributed by atoms with van der Waals surface area (Å²) in [5.74, 6) is 0.981. The number of rotatable bonds is 9. The molecular formula is C31H43ClN4O5. The van der Waals surface area contributed by atoms with Gasteiger partial charge in [0.2, 0.25) is 18.0 Å². The van der Waals surface area contributed by atoms with Crippen molar-refractivity contribution in [2.45, 2.75) is 88.9 Å². The van der Waals surface area contributed by atoms with Crippen LogP contribution >= 0.6 is 12.4 Å². The molecule has 0 bridgehead atoms. The topological polar surface area (TPSA) is 109 Å². The Morgan fingerprint density at radius 1 is 1.10 bits per heavy atom. The van der Waals surface area contributed by atoms with Gasteiger partial charge in [-0.2, -0.15) is 4.73 Å². The highest BCUT2D eigenvalue weighted by atomic mass is 35.5. The fraction of sp³-hybridized carbons (Fsp3) is 0.581. The third kappa shape index (κ3) is 6.96.